The largest absolute Gasteiger partial charge is 0.438 e. The maximum atomic E-state index is 13.3. The Labute approximate surface area is 157 Å². The van der Waals surface area contributed by atoms with E-state index in [4.69, 9.17) is 4.74 Å². The third-order valence-corrected chi connectivity index (χ3v) is 3.73. The molecule has 0 saturated heterocycles. The van der Waals surface area contributed by atoms with Gasteiger partial charge in [0.1, 0.15) is 17.0 Å². The van der Waals surface area contributed by atoms with Gasteiger partial charge in [0, 0.05) is 13.1 Å². The summed E-state index contributed by atoms with van der Waals surface area (Å²) in [6, 6.07) is 3.46. The van der Waals surface area contributed by atoms with Crippen molar-refractivity contribution < 1.29 is 31.5 Å². The van der Waals surface area contributed by atoms with Gasteiger partial charge in [-0.3, -0.25) is 4.79 Å². The van der Waals surface area contributed by atoms with Crippen LogP contribution in [-0.4, -0.2) is 21.7 Å². The van der Waals surface area contributed by atoms with Crippen molar-refractivity contribution in [1.29, 1.82) is 0 Å². The van der Waals surface area contributed by atoms with Gasteiger partial charge in [-0.2, -0.15) is 18.3 Å². The number of carbonyl (C=O) groups is 1. The van der Waals surface area contributed by atoms with Crippen molar-refractivity contribution in [2.24, 2.45) is 7.05 Å². The zero-order valence-electron chi connectivity index (χ0n) is 15.1. The fourth-order valence-corrected chi connectivity index (χ4v) is 2.46. The molecule has 5 nitrogen and oxygen atoms in total. The molecule has 0 aliphatic heterocycles. The third kappa shape index (κ3) is 4.87. The SMILES string of the molecule is C=CCC(C)NC(=O)c1c(C(F)F)nn(C)c1Oc1cccc(C(F)(F)F)c1. The first-order valence-electron chi connectivity index (χ1n) is 8.16. The highest BCUT2D eigenvalue weighted by atomic mass is 19.4. The van der Waals surface area contributed by atoms with Crippen LogP contribution in [0.15, 0.2) is 36.9 Å². The molecule has 1 heterocycles. The van der Waals surface area contributed by atoms with E-state index in [1.54, 1.807) is 13.0 Å². The van der Waals surface area contributed by atoms with Crippen molar-refractivity contribution in [3.05, 3.63) is 53.7 Å². The van der Waals surface area contributed by atoms with Gasteiger partial charge in [-0.1, -0.05) is 12.1 Å². The fourth-order valence-electron chi connectivity index (χ4n) is 2.46. The van der Waals surface area contributed by atoms with Gasteiger partial charge in [0.2, 0.25) is 5.88 Å². The predicted molar refractivity (Wildman–Crippen MR) is 91.4 cm³/mol. The second-order valence-electron chi connectivity index (χ2n) is 6.02. The first kappa shape index (κ1) is 21.4. The summed E-state index contributed by atoms with van der Waals surface area (Å²) < 4.78 is 71.6. The molecular weight excluding hydrogens is 385 g/mol. The van der Waals surface area contributed by atoms with E-state index >= 15 is 0 Å². The molecule has 1 unspecified atom stereocenters. The lowest BCUT2D eigenvalue weighted by Gasteiger charge is -2.14. The van der Waals surface area contributed by atoms with E-state index in [1.165, 1.54) is 13.1 Å². The molecule has 1 N–H and O–H groups in total. The van der Waals surface area contributed by atoms with Crippen molar-refractivity contribution in [1.82, 2.24) is 15.1 Å². The number of rotatable bonds is 7. The van der Waals surface area contributed by atoms with Crippen LogP contribution in [0.5, 0.6) is 11.6 Å². The Morgan fingerprint density at radius 3 is 2.64 bits per heavy atom. The van der Waals surface area contributed by atoms with Gasteiger partial charge in [-0.05, 0) is 31.5 Å². The minimum Gasteiger partial charge on any atom is -0.438 e. The van der Waals surface area contributed by atoms with Gasteiger partial charge in [0.05, 0.1) is 5.56 Å². The smallest absolute Gasteiger partial charge is 0.416 e. The van der Waals surface area contributed by atoms with Crippen LogP contribution in [0.2, 0.25) is 0 Å². The summed E-state index contributed by atoms with van der Waals surface area (Å²) in [5, 5.41) is 6.10. The van der Waals surface area contributed by atoms with Gasteiger partial charge in [-0.25, -0.2) is 13.5 Å². The molecule has 2 rings (SSSR count). The number of aromatic nitrogens is 2. The summed E-state index contributed by atoms with van der Waals surface area (Å²) in [6.07, 6.45) is -5.76. The molecule has 2 aromatic rings. The molecule has 152 valence electrons. The molecule has 0 bridgehead atoms. The second-order valence-corrected chi connectivity index (χ2v) is 6.02. The monoisotopic (exact) mass is 403 g/mol. The van der Waals surface area contributed by atoms with Crippen LogP contribution in [0, 0.1) is 0 Å². The second kappa shape index (κ2) is 8.41. The Morgan fingerprint density at radius 2 is 2.07 bits per heavy atom. The number of alkyl halides is 5. The lowest BCUT2D eigenvalue weighted by Crippen LogP contribution is -2.32. The minimum absolute atomic E-state index is 0.271. The standard InChI is InChI=1S/C18H18F5N3O2/c1-4-6-10(2)24-16(27)13-14(15(19)20)25-26(3)17(13)28-12-8-5-7-11(9-12)18(21,22)23/h4-5,7-10,15H,1,6H2,2-3H3,(H,24,27). The highest BCUT2D eigenvalue weighted by Gasteiger charge is 2.32. The van der Waals surface area contributed by atoms with Crippen molar-refractivity contribution in [2.75, 3.05) is 0 Å². The fraction of sp³-hybridized carbons (Fsp3) is 0.333. The Balaban J connectivity index is 2.44. The van der Waals surface area contributed by atoms with E-state index < -0.39 is 47.3 Å². The molecular formula is C18H18F5N3O2. The maximum Gasteiger partial charge on any atom is 0.416 e. The number of halogens is 5. The average molecular weight is 403 g/mol. The highest BCUT2D eigenvalue weighted by molar-refractivity contribution is 5.98. The van der Waals surface area contributed by atoms with Crippen LogP contribution in [0.25, 0.3) is 0 Å². The van der Waals surface area contributed by atoms with E-state index in [9.17, 15) is 26.7 Å². The van der Waals surface area contributed by atoms with Crippen LogP contribution in [-0.2, 0) is 13.2 Å². The molecule has 1 aromatic heterocycles. The van der Waals surface area contributed by atoms with Crippen LogP contribution >= 0.6 is 0 Å². The number of amides is 1. The van der Waals surface area contributed by atoms with Crippen LogP contribution in [0.4, 0.5) is 22.0 Å². The minimum atomic E-state index is -4.61. The third-order valence-electron chi connectivity index (χ3n) is 3.73. The number of ether oxygens (including phenoxy) is 1. The summed E-state index contributed by atoms with van der Waals surface area (Å²) in [5.41, 5.74) is -2.34. The predicted octanol–water partition coefficient (Wildman–Crippen LogP) is 4.86. The van der Waals surface area contributed by atoms with Gasteiger partial charge < -0.3 is 10.1 Å². The average Bonchev–Trinajstić information content (AvgIpc) is 2.91. The molecule has 0 spiro atoms. The number of hydrogen-bond acceptors (Lipinski definition) is 3. The summed E-state index contributed by atoms with van der Waals surface area (Å²) in [7, 11) is 1.25. The number of aryl methyl sites for hydroxylation is 1. The summed E-state index contributed by atoms with van der Waals surface area (Å²) in [4.78, 5) is 12.5. The molecule has 1 aromatic carbocycles. The normalized spacial score (nSPS) is 12.7. The number of benzene rings is 1. The Hall–Kier alpha value is -2.91. The molecule has 0 aliphatic carbocycles. The lowest BCUT2D eigenvalue weighted by molar-refractivity contribution is -0.137. The van der Waals surface area contributed by atoms with E-state index in [1.807, 2.05) is 0 Å². The van der Waals surface area contributed by atoms with E-state index in [-0.39, 0.29) is 5.75 Å². The molecule has 28 heavy (non-hydrogen) atoms. The van der Waals surface area contributed by atoms with Crippen molar-refractivity contribution in [3.8, 4) is 11.6 Å². The molecule has 1 amide bonds. The number of carbonyl (C=O) groups excluding carboxylic acids is 1. The van der Waals surface area contributed by atoms with Crippen LogP contribution < -0.4 is 10.1 Å². The Kier molecular flexibility index (Phi) is 6.42. The number of nitrogens with one attached hydrogen (secondary N) is 1. The summed E-state index contributed by atoms with van der Waals surface area (Å²) in [5.74, 6) is -1.54. The van der Waals surface area contributed by atoms with E-state index in [0.717, 1.165) is 16.8 Å². The van der Waals surface area contributed by atoms with Crippen LogP contribution in [0.3, 0.4) is 0 Å². The maximum absolute atomic E-state index is 13.3. The quantitative estimate of drug-likeness (QED) is 0.531. The molecule has 0 aliphatic rings. The van der Waals surface area contributed by atoms with Crippen molar-refractivity contribution in [2.45, 2.75) is 32.0 Å². The van der Waals surface area contributed by atoms with Crippen molar-refractivity contribution in [3.63, 3.8) is 0 Å². The van der Waals surface area contributed by atoms with E-state index in [2.05, 4.69) is 17.0 Å². The number of nitrogens with zero attached hydrogens (tertiary/aromatic N) is 2. The van der Waals surface area contributed by atoms with Gasteiger partial charge in [0.25, 0.3) is 12.3 Å². The summed E-state index contributed by atoms with van der Waals surface area (Å²) >= 11 is 0. The van der Waals surface area contributed by atoms with Crippen LogP contribution in [0.1, 0.15) is 41.4 Å². The topological polar surface area (TPSA) is 56.2 Å². The summed E-state index contributed by atoms with van der Waals surface area (Å²) in [6.45, 7) is 5.17. The lowest BCUT2D eigenvalue weighted by atomic mass is 10.1. The molecule has 1 atom stereocenters. The molecule has 0 radical (unpaired) electrons. The molecule has 0 fully saturated rings. The first-order chi connectivity index (χ1) is 13.0. The molecule has 0 saturated carbocycles. The van der Waals surface area contributed by atoms with Gasteiger partial charge in [0.15, 0.2) is 0 Å². The zero-order chi connectivity index (χ0) is 21.1. The van der Waals surface area contributed by atoms with Gasteiger partial charge in [-0.15, -0.1) is 6.58 Å². The van der Waals surface area contributed by atoms with E-state index in [0.29, 0.717) is 12.5 Å². The Morgan fingerprint density at radius 1 is 1.39 bits per heavy atom. The number of hydrogen-bond donors (Lipinski definition) is 1. The zero-order valence-corrected chi connectivity index (χ0v) is 15.1. The van der Waals surface area contributed by atoms with Crippen molar-refractivity contribution >= 4 is 5.91 Å². The first-order valence-corrected chi connectivity index (χ1v) is 8.16. The highest BCUT2D eigenvalue weighted by Crippen LogP contribution is 2.35. The van der Waals surface area contributed by atoms with Gasteiger partial charge >= 0.3 is 6.18 Å². The Bertz CT molecular complexity index is 861. The molecule has 10 heteroatoms.